The molecule has 2 heterocycles. The lowest BCUT2D eigenvalue weighted by atomic mass is 10.0. The Balaban J connectivity index is 1.27. The number of likely N-dealkylation sites (tertiary alicyclic amines) is 1. The number of hydrogen-bond donors (Lipinski definition) is 0. The minimum Gasteiger partial charge on any atom is -0.495 e. The third-order valence-electron chi connectivity index (χ3n) is 6.28. The first-order valence-electron chi connectivity index (χ1n) is 11.0. The van der Waals surface area contributed by atoms with Crippen LogP contribution in [0.2, 0.25) is 0 Å². The van der Waals surface area contributed by atoms with Crippen LogP contribution in [-0.4, -0.2) is 68.8 Å². The lowest BCUT2D eigenvalue weighted by Gasteiger charge is -2.44. The molecule has 2 fully saturated rings. The van der Waals surface area contributed by atoms with Crippen molar-refractivity contribution in [2.45, 2.75) is 18.9 Å². The molecule has 2 aromatic carbocycles. The van der Waals surface area contributed by atoms with E-state index < -0.39 is 0 Å². The van der Waals surface area contributed by atoms with Crippen molar-refractivity contribution in [2.75, 3.05) is 57.8 Å². The molecule has 0 aromatic heterocycles. The molecule has 0 radical (unpaired) electrons. The molecule has 2 aromatic rings. The maximum atomic E-state index is 13.0. The van der Waals surface area contributed by atoms with E-state index >= 15 is 0 Å². The normalized spacial score (nSPS) is 21.3. The fraction of sp³-hybridized carbons (Fsp3) is 0.440. The predicted molar refractivity (Wildman–Crippen MR) is 122 cm³/mol. The van der Waals surface area contributed by atoms with Crippen molar-refractivity contribution in [1.82, 2.24) is 9.80 Å². The fourth-order valence-corrected chi connectivity index (χ4v) is 4.63. The van der Waals surface area contributed by atoms with E-state index in [-0.39, 0.29) is 5.82 Å². The van der Waals surface area contributed by atoms with Crippen LogP contribution in [-0.2, 0) is 0 Å². The highest BCUT2D eigenvalue weighted by molar-refractivity contribution is 5.58. The molecule has 1 unspecified atom stereocenters. The number of hydrogen-bond acceptors (Lipinski definition) is 4. The summed E-state index contributed by atoms with van der Waals surface area (Å²) in [6.45, 7) is 7.52. The summed E-state index contributed by atoms with van der Waals surface area (Å²) < 4.78 is 18.6. The second kappa shape index (κ2) is 10.1. The summed E-state index contributed by atoms with van der Waals surface area (Å²) in [5, 5.41) is 0. The molecule has 2 aliphatic rings. The monoisotopic (exact) mass is 409 g/mol. The van der Waals surface area contributed by atoms with Gasteiger partial charge < -0.3 is 9.64 Å². The molecule has 4 nitrogen and oxygen atoms in total. The molecule has 0 aliphatic carbocycles. The molecule has 2 aliphatic heterocycles. The van der Waals surface area contributed by atoms with E-state index in [1.165, 1.54) is 30.7 Å². The first-order chi connectivity index (χ1) is 14.7. The van der Waals surface area contributed by atoms with Gasteiger partial charge in [-0.15, -0.1) is 0 Å². The van der Waals surface area contributed by atoms with Crippen LogP contribution in [0.4, 0.5) is 10.1 Å². The van der Waals surface area contributed by atoms with Crippen molar-refractivity contribution in [1.29, 1.82) is 0 Å². The quantitative estimate of drug-likeness (QED) is 0.714. The number of rotatable bonds is 6. The Hall–Kier alpha value is -2.37. The van der Waals surface area contributed by atoms with Crippen LogP contribution in [0.15, 0.2) is 54.6 Å². The van der Waals surface area contributed by atoms with Crippen molar-refractivity contribution < 1.29 is 9.13 Å². The average Bonchev–Trinajstić information content (AvgIpc) is 2.81. The van der Waals surface area contributed by atoms with Crippen LogP contribution < -0.4 is 9.64 Å². The number of para-hydroxylation sites is 2. The molecule has 0 bridgehead atoms. The SMILES string of the molecule is COc1ccccc1N1CCN(C2CCCN(C/C=C/c3ccc(F)cc3)C2)CC1. The number of benzene rings is 2. The fourth-order valence-electron chi connectivity index (χ4n) is 4.63. The molecule has 30 heavy (non-hydrogen) atoms. The summed E-state index contributed by atoms with van der Waals surface area (Å²) in [5.74, 6) is 0.777. The van der Waals surface area contributed by atoms with Gasteiger partial charge in [0.15, 0.2) is 0 Å². The molecule has 1 atom stereocenters. The first-order valence-corrected chi connectivity index (χ1v) is 11.0. The van der Waals surface area contributed by atoms with Gasteiger partial charge in [-0.3, -0.25) is 9.80 Å². The van der Waals surface area contributed by atoms with Crippen molar-refractivity contribution in [3.63, 3.8) is 0 Å². The van der Waals surface area contributed by atoms with Crippen LogP contribution in [0.5, 0.6) is 5.75 Å². The van der Waals surface area contributed by atoms with Gasteiger partial charge in [-0.25, -0.2) is 4.39 Å². The van der Waals surface area contributed by atoms with E-state index in [1.54, 1.807) is 7.11 Å². The summed E-state index contributed by atoms with van der Waals surface area (Å²) in [6.07, 6.45) is 6.83. The van der Waals surface area contributed by atoms with Crippen LogP contribution >= 0.6 is 0 Å². The Morgan fingerprint density at radius 2 is 1.77 bits per heavy atom. The molecule has 160 valence electrons. The number of nitrogens with zero attached hydrogens (tertiary/aromatic N) is 3. The zero-order valence-corrected chi connectivity index (χ0v) is 17.8. The number of piperidine rings is 1. The third kappa shape index (κ3) is 5.21. The van der Waals surface area contributed by atoms with E-state index in [1.807, 2.05) is 24.3 Å². The minimum atomic E-state index is -0.183. The van der Waals surface area contributed by atoms with Crippen LogP contribution in [0.1, 0.15) is 18.4 Å². The number of halogens is 1. The number of methoxy groups -OCH3 is 1. The second-order valence-electron chi connectivity index (χ2n) is 8.20. The van der Waals surface area contributed by atoms with Crippen molar-refractivity contribution in [2.24, 2.45) is 0 Å². The van der Waals surface area contributed by atoms with Gasteiger partial charge in [0.1, 0.15) is 11.6 Å². The van der Waals surface area contributed by atoms with E-state index in [4.69, 9.17) is 4.74 Å². The van der Waals surface area contributed by atoms with Crippen LogP contribution in [0, 0.1) is 5.82 Å². The summed E-state index contributed by atoms with van der Waals surface area (Å²) in [7, 11) is 1.75. The molecule has 4 rings (SSSR count). The van der Waals surface area contributed by atoms with Crippen molar-refractivity contribution >= 4 is 11.8 Å². The van der Waals surface area contributed by atoms with Gasteiger partial charge in [0.2, 0.25) is 0 Å². The molecular weight excluding hydrogens is 377 g/mol. The van der Waals surface area contributed by atoms with Gasteiger partial charge in [0, 0.05) is 45.3 Å². The lowest BCUT2D eigenvalue weighted by molar-refractivity contribution is 0.0991. The van der Waals surface area contributed by atoms with Gasteiger partial charge in [0.25, 0.3) is 0 Å². The molecule has 5 heteroatoms. The summed E-state index contributed by atoms with van der Waals surface area (Å²) in [4.78, 5) is 7.66. The van der Waals surface area contributed by atoms with Gasteiger partial charge in [-0.1, -0.05) is 36.4 Å². The number of ether oxygens (including phenoxy) is 1. The van der Waals surface area contributed by atoms with Gasteiger partial charge in [-0.05, 0) is 49.2 Å². The van der Waals surface area contributed by atoms with E-state index in [2.05, 4.69) is 39.0 Å². The molecule has 0 amide bonds. The Morgan fingerprint density at radius 3 is 2.53 bits per heavy atom. The Labute approximate surface area is 179 Å². The van der Waals surface area contributed by atoms with Gasteiger partial charge >= 0.3 is 0 Å². The smallest absolute Gasteiger partial charge is 0.142 e. The lowest BCUT2D eigenvalue weighted by Crippen LogP contribution is -2.55. The standard InChI is InChI=1S/C25H32FN3O/c1-30-25-9-3-2-8-24(25)29-18-16-28(17-19-29)23-7-5-15-27(20-23)14-4-6-21-10-12-22(26)13-11-21/h2-4,6,8-13,23H,5,7,14-20H2,1H3/b6-4+. The molecule has 0 saturated carbocycles. The average molecular weight is 410 g/mol. The zero-order chi connectivity index (χ0) is 20.8. The molecule has 0 N–H and O–H groups in total. The highest BCUT2D eigenvalue weighted by Crippen LogP contribution is 2.29. The van der Waals surface area contributed by atoms with Gasteiger partial charge in [-0.2, -0.15) is 0 Å². The highest BCUT2D eigenvalue weighted by atomic mass is 19.1. The Bertz CT molecular complexity index is 831. The minimum absolute atomic E-state index is 0.183. The number of piperazine rings is 1. The van der Waals surface area contributed by atoms with Crippen molar-refractivity contribution in [3.05, 3.63) is 66.0 Å². The van der Waals surface area contributed by atoms with E-state index in [0.717, 1.165) is 57.1 Å². The number of anilines is 1. The zero-order valence-electron chi connectivity index (χ0n) is 17.8. The summed E-state index contributed by atoms with van der Waals surface area (Å²) >= 11 is 0. The van der Waals surface area contributed by atoms with E-state index in [0.29, 0.717) is 6.04 Å². The van der Waals surface area contributed by atoms with Crippen LogP contribution in [0.25, 0.3) is 6.08 Å². The van der Waals surface area contributed by atoms with Crippen molar-refractivity contribution in [3.8, 4) is 5.75 Å². The summed E-state index contributed by atoms with van der Waals surface area (Å²) in [5.41, 5.74) is 2.26. The predicted octanol–water partition coefficient (Wildman–Crippen LogP) is 4.13. The Morgan fingerprint density at radius 1 is 1.00 bits per heavy atom. The maximum Gasteiger partial charge on any atom is 0.142 e. The third-order valence-corrected chi connectivity index (χ3v) is 6.28. The summed E-state index contributed by atoms with van der Waals surface area (Å²) in [6, 6.07) is 15.6. The molecule has 2 saturated heterocycles. The first kappa shape index (κ1) is 20.9. The van der Waals surface area contributed by atoms with E-state index in [9.17, 15) is 4.39 Å². The van der Waals surface area contributed by atoms with Crippen LogP contribution in [0.3, 0.4) is 0 Å². The Kier molecular flexibility index (Phi) is 7.03. The second-order valence-corrected chi connectivity index (χ2v) is 8.20. The maximum absolute atomic E-state index is 13.0. The topological polar surface area (TPSA) is 19.0 Å². The largest absolute Gasteiger partial charge is 0.495 e. The highest BCUT2D eigenvalue weighted by Gasteiger charge is 2.28. The van der Waals surface area contributed by atoms with Gasteiger partial charge in [0.05, 0.1) is 12.8 Å². The molecular formula is C25H32FN3O. The molecule has 0 spiro atoms.